The number of halogens is 1. The summed E-state index contributed by atoms with van der Waals surface area (Å²) < 4.78 is 0. The molecule has 1 aromatic carbocycles. The van der Waals surface area contributed by atoms with Crippen molar-refractivity contribution in [3.63, 3.8) is 0 Å². The van der Waals surface area contributed by atoms with Gasteiger partial charge in [-0.15, -0.1) is 12.4 Å². The minimum absolute atomic E-state index is 0. The molecule has 23 heavy (non-hydrogen) atoms. The van der Waals surface area contributed by atoms with E-state index in [1.54, 1.807) is 0 Å². The zero-order chi connectivity index (χ0) is 15.9. The van der Waals surface area contributed by atoms with Gasteiger partial charge in [-0.2, -0.15) is 0 Å². The van der Waals surface area contributed by atoms with Gasteiger partial charge in [0.05, 0.1) is 5.54 Å². The maximum absolute atomic E-state index is 5.75. The van der Waals surface area contributed by atoms with Crippen molar-refractivity contribution in [1.82, 2.24) is 4.90 Å². The molecule has 0 saturated carbocycles. The Hall–Kier alpha value is -1.06. The molecular formula is C19H27ClN2S. The molecule has 0 spiro atoms. The van der Waals surface area contributed by atoms with Crippen molar-refractivity contribution in [2.24, 2.45) is 0 Å². The number of nitrogens with zero attached hydrogens (tertiary/aromatic N) is 2. The summed E-state index contributed by atoms with van der Waals surface area (Å²) in [6.45, 7) is 8.94. The number of benzene rings is 1. The summed E-state index contributed by atoms with van der Waals surface area (Å²) in [5.74, 6) is 0. The lowest BCUT2D eigenvalue weighted by Crippen LogP contribution is -2.42. The van der Waals surface area contributed by atoms with Crippen LogP contribution in [-0.2, 0) is 0 Å². The molecule has 1 saturated heterocycles. The molecule has 2 heterocycles. The van der Waals surface area contributed by atoms with Gasteiger partial charge < -0.3 is 9.80 Å². The van der Waals surface area contributed by atoms with Crippen molar-refractivity contribution in [2.45, 2.75) is 45.6 Å². The second kappa shape index (κ2) is 6.82. The molecule has 2 aliphatic rings. The van der Waals surface area contributed by atoms with E-state index in [-0.39, 0.29) is 17.9 Å². The van der Waals surface area contributed by atoms with E-state index in [9.17, 15) is 0 Å². The minimum Gasteiger partial charge on any atom is -0.366 e. The van der Waals surface area contributed by atoms with E-state index in [1.165, 1.54) is 41.6 Å². The van der Waals surface area contributed by atoms with Crippen LogP contribution in [0.1, 0.15) is 51.2 Å². The van der Waals surface area contributed by atoms with Crippen LogP contribution in [0.4, 0.5) is 5.69 Å². The highest BCUT2D eigenvalue weighted by molar-refractivity contribution is 7.80. The zero-order valence-corrected chi connectivity index (χ0v) is 16.2. The largest absolute Gasteiger partial charge is 0.366 e. The molecule has 2 aliphatic heterocycles. The van der Waals surface area contributed by atoms with E-state index >= 15 is 0 Å². The second-order valence-electron chi connectivity index (χ2n) is 7.12. The first-order valence-electron chi connectivity index (χ1n) is 8.27. The van der Waals surface area contributed by atoms with Crippen molar-refractivity contribution in [1.29, 1.82) is 0 Å². The number of hydrogen-bond acceptors (Lipinski definition) is 2. The average molecular weight is 351 g/mol. The molecular weight excluding hydrogens is 324 g/mol. The quantitative estimate of drug-likeness (QED) is 0.665. The number of hydrogen-bond donors (Lipinski definition) is 0. The molecule has 126 valence electrons. The summed E-state index contributed by atoms with van der Waals surface area (Å²) in [7, 11) is 2.17. The molecule has 1 aromatic rings. The molecule has 0 atom stereocenters. The van der Waals surface area contributed by atoms with Crippen LogP contribution in [0.15, 0.2) is 24.3 Å². The Bertz CT molecular complexity index is 630. The topological polar surface area (TPSA) is 6.48 Å². The number of likely N-dealkylation sites (N-methyl/N-ethyl adjacent to an activating group) is 1. The van der Waals surface area contributed by atoms with E-state index in [1.807, 2.05) is 0 Å². The third-order valence-electron chi connectivity index (χ3n) is 5.11. The van der Waals surface area contributed by atoms with Crippen LogP contribution < -0.4 is 4.90 Å². The van der Waals surface area contributed by atoms with Crippen molar-refractivity contribution < 1.29 is 0 Å². The van der Waals surface area contributed by atoms with Gasteiger partial charge in [0.15, 0.2) is 0 Å². The predicted octanol–water partition coefficient (Wildman–Crippen LogP) is 4.90. The summed E-state index contributed by atoms with van der Waals surface area (Å²) in [6.07, 6.45) is 6.22. The summed E-state index contributed by atoms with van der Waals surface area (Å²) in [4.78, 5) is 5.74. The number of fused-ring (bicyclic) bond motifs is 1. The summed E-state index contributed by atoms with van der Waals surface area (Å²) >= 11 is 5.75. The van der Waals surface area contributed by atoms with E-state index in [0.29, 0.717) is 0 Å². The third-order valence-corrected chi connectivity index (χ3v) is 5.60. The van der Waals surface area contributed by atoms with Crippen molar-refractivity contribution in [3.8, 4) is 0 Å². The van der Waals surface area contributed by atoms with Crippen LogP contribution >= 0.6 is 24.6 Å². The van der Waals surface area contributed by atoms with Crippen LogP contribution in [0.25, 0.3) is 5.57 Å². The van der Waals surface area contributed by atoms with E-state index < -0.39 is 0 Å². The van der Waals surface area contributed by atoms with Crippen LogP contribution in [0.3, 0.4) is 0 Å². The summed E-state index contributed by atoms with van der Waals surface area (Å²) in [6, 6.07) is 6.71. The minimum atomic E-state index is 0. The van der Waals surface area contributed by atoms with E-state index in [4.69, 9.17) is 12.2 Å². The lowest BCUT2D eigenvalue weighted by molar-refractivity contribution is 0.347. The Morgan fingerprint density at radius 3 is 2.43 bits per heavy atom. The zero-order valence-electron chi connectivity index (χ0n) is 14.6. The molecule has 0 N–H and O–H groups in total. The fourth-order valence-electron chi connectivity index (χ4n) is 3.57. The van der Waals surface area contributed by atoms with Gasteiger partial charge in [0, 0.05) is 37.0 Å². The normalized spacial score (nSPS) is 19.6. The highest BCUT2D eigenvalue weighted by Gasteiger charge is 2.28. The maximum atomic E-state index is 5.75. The lowest BCUT2D eigenvalue weighted by Gasteiger charge is -2.41. The van der Waals surface area contributed by atoms with Gasteiger partial charge in [0.2, 0.25) is 0 Å². The maximum Gasteiger partial charge on any atom is 0.109 e. The molecule has 2 nitrogen and oxygen atoms in total. The number of piperidine rings is 1. The standard InChI is InChI=1S/C19H26N2S.ClH/c1-14-13-19(2,3)20(4)17-9-8-15(12-16(14)17)18(22)21-10-6-5-7-11-21;/h8-9,12-13H,5-7,10-11H2,1-4H3;1H. The first-order valence-corrected chi connectivity index (χ1v) is 8.68. The van der Waals surface area contributed by atoms with Crippen molar-refractivity contribution >= 4 is 40.9 Å². The molecule has 0 aromatic heterocycles. The monoisotopic (exact) mass is 350 g/mol. The lowest BCUT2D eigenvalue weighted by atomic mass is 9.88. The SMILES string of the molecule is CC1=CC(C)(C)N(C)c2ccc(C(=S)N3CCCCC3)cc21.Cl. The molecule has 0 radical (unpaired) electrons. The Balaban J connectivity index is 0.00000192. The number of thiocarbonyl (C=S) groups is 1. The van der Waals surface area contributed by atoms with Gasteiger partial charge >= 0.3 is 0 Å². The van der Waals surface area contributed by atoms with Crippen molar-refractivity contribution in [3.05, 3.63) is 35.4 Å². The summed E-state index contributed by atoms with van der Waals surface area (Å²) in [5.41, 5.74) is 5.22. The van der Waals surface area contributed by atoms with Gasteiger partial charge in [0.1, 0.15) is 4.99 Å². The molecule has 3 rings (SSSR count). The Morgan fingerprint density at radius 2 is 1.78 bits per heavy atom. The van der Waals surface area contributed by atoms with Crippen LogP contribution in [0, 0.1) is 0 Å². The van der Waals surface area contributed by atoms with Gasteiger partial charge in [-0.25, -0.2) is 0 Å². The van der Waals surface area contributed by atoms with Gasteiger partial charge in [-0.3, -0.25) is 0 Å². The summed E-state index contributed by atoms with van der Waals surface area (Å²) in [5, 5.41) is 0. The first-order chi connectivity index (χ1) is 10.4. The molecule has 0 unspecified atom stereocenters. The highest BCUT2D eigenvalue weighted by atomic mass is 35.5. The Labute approximate surface area is 152 Å². The fourth-order valence-corrected chi connectivity index (χ4v) is 3.88. The Morgan fingerprint density at radius 1 is 1.13 bits per heavy atom. The number of likely N-dealkylation sites (tertiary alicyclic amines) is 1. The van der Waals surface area contributed by atoms with Crippen LogP contribution in [0.2, 0.25) is 0 Å². The predicted molar refractivity (Wildman–Crippen MR) is 107 cm³/mol. The highest BCUT2D eigenvalue weighted by Crippen LogP contribution is 2.38. The molecule has 0 aliphatic carbocycles. The smallest absolute Gasteiger partial charge is 0.109 e. The van der Waals surface area contributed by atoms with Crippen LogP contribution in [0.5, 0.6) is 0 Å². The van der Waals surface area contributed by atoms with Gasteiger partial charge in [-0.05, 0) is 63.8 Å². The fraction of sp³-hybridized carbons (Fsp3) is 0.526. The number of anilines is 1. The average Bonchev–Trinajstić information content (AvgIpc) is 2.52. The number of allylic oxidation sites excluding steroid dienone is 1. The molecule has 4 heteroatoms. The molecule has 0 amide bonds. The van der Waals surface area contributed by atoms with Crippen LogP contribution in [-0.4, -0.2) is 35.6 Å². The van der Waals surface area contributed by atoms with E-state index in [0.717, 1.165) is 18.1 Å². The first kappa shape index (κ1) is 18.3. The second-order valence-corrected chi connectivity index (χ2v) is 7.51. The molecule has 0 bridgehead atoms. The molecule has 1 fully saturated rings. The van der Waals surface area contributed by atoms with Crippen molar-refractivity contribution in [2.75, 3.05) is 25.0 Å². The Kier molecular flexibility index (Phi) is 5.42. The number of rotatable bonds is 1. The van der Waals surface area contributed by atoms with Gasteiger partial charge in [-0.1, -0.05) is 18.3 Å². The van der Waals surface area contributed by atoms with E-state index in [2.05, 4.69) is 61.9 Å². The third kappa shape index (κ3) is 3.41. The van der Waals surface area contributed by atoms with Gasteiger partial charge in [0.25, 0.3) is 0 Å².